The zero-order chi connectivity index (χ0) is 30.0. The molecule has 2 aromatic heterocycles. The molecule has 7 nitrogen and oxygen atoms in total. The first kappa shape index (κ1) is 29.9. The second kappa shape index (κ2) is 12.3. The van der Waals surface area contributed by atoms with Crippen LogP contribution >= 0.6 is 22.9 Å². The molecule has 222 valence electrons. The smallest absolute Gasteiger partial charge is 0.416 e. The van der Waals surface area contributed by atoms with E-state index in [2.05, 4.69) is 16.1 Å². The molecule has 1 aliphatic heterocycles. The van der Waals surface area contributed by atoms with Crippen molar-refractivity contribution in [1.29, 1.82) is 0 Å². The number of halogens is 4. The summed E-state index contributed by atoms with van der Waals surface area (Å²) < 4.78 is 48.5. The zero-order valence-electron chi connectivity index (χ0n) is 23.5. The fourth-order valence-electron chi connectivity index (χ4n) is 5.18. The van der Waals surface area contributed by atoms with E-state index in [-0.39, 0.29) is 29.3 Å². The number of fused-ring (bicyclic) bond motifs is 1. The molecule has 1 fully saturated rings. The van der Waals surface area contributed by atoms with Gasteiger partial charge in [0.05, 0.1) is 40.3 Å². The van der Waals surface area contributed by atoms with Crippen molar-refractivity contribution in [3.63, 3.8) is 0 Å². The predicted molar refractivity (Wildman–Crippen MR) is 160 cm³/mol. The molecule has 0 atom stereocenters. The van der Waals surface area contributed by atoms with Crippen LogP contribution in [-0.2, 0) is 17.5 Å². The minimum Gasteiger partial charge on any atom is -0.450 e. The Hall–Kier alpha value is -3.57. The SMILES string of the molecule is C/C=c1/nc(N(C)C2CCN(C(=O)OCC)CC2)s/c1=C\c1ccc2c(cnn2Cc2ccc(Cl)cc2C(F)(F)F)c1. The fourth-order valence-corrected chi connectivity index (χ4v) is 6.45. The van der Waals surface area contributed by atoms with Crippen LogP contribution < -0.4 is 14.8 Å². The number of piperidine rings is 1. The molecule has 42 heavy (non-hydrogen) atoms. The minimum absolute atomic E-state index is 0.0310. The average molecular weight is 618 g/mol. The van der Waals surface area contributed by atoms with E-state index >= 15 is 0 Å². The van der Waals surface area contributed by atoms with Crippen molar-refractivity contribution >= 4 is 57.2 Å². The predicted octanol–water partition coefficient (Wildman–Crippen LogP) is 5.90. The first-order chi connectivity index (χ1) is 20.1. The summed E-state index contributed by atoms with van der Waals surface area (Å²) >= 11 is 7.44. The Balaban J connectivity index is 1.36. The van der Waals surface area contributed by atoms with Gasteiger partial charge >= 0.3 is 12.3 Å². The van der Waals surface area contributed by atoms with Gasteiger partial charge in [0.15, 0.2) is 5.13 Å². The van der Waals surface area contributed by atoms with E-state index in [9.17, 15) is 18.0 Å². The molecule has 2 aromatic carbocycles. The van der Waals surface area contributed by atoms with Gasteiger partial charge in [0.2, 0.25) is 0 Å². The highest BCUT2D eigenvalue weighted by atomic mass is 35.5. The highest BCUT2D eigenvalue weighted by molar-refractivity contribution is 7.13. The number of likely N-dealkylation sites (tertiary alicyclic amines) is 1. The Bertz CT molecular complexity index is 1710. The van der Waals surface area contributed by atoms with E-state index in [4.69, 9.17) is 21.3 Å². The largest absolute Gasteiger partial charge is 0.450 e. The van der Waals surface area contributed by atoms with Gasteiger partial charge in [-0.2, -0.15) is 18.3 Å². The molecule has 0 N–H and O–H groups in total. The Morgan fingerprint density at radius 1 is 1.21 bits per heavy atom. The van der Waals surface area contributed by atoms with Crippen LogP contribution in [0, 0.1) is 0 Å². The van der Waals surface area contributed by atoms with Crippen LogP contribution in [0.25, 0.3) is 23.1 Å². The van der Waals surface area contributed by atoms with Crippen LogP contribution in [0.5, 0.6) is 0 Å². The van der Waals surface area contributed by atoms with Crippen molar-refractivity contribution in [1.82, 2.24) is 19.7 Å². The van der Waals surface area contributed by atoms with Crippen molar-refractivity contribution in [2.75, 3.05) is 31.6 Å². The molecule has 0 radical (unpaired) electrons. The number of benzene rings is 2. The number of anilines is 1. The molecule has 0 spiro atoms. The van der Waals surface area contributed by atoms with E-state index in [0.29, 0.717) is 19.7 Å². The first-order valence-electron chi connectivity index (χ1n) is 13.7. The van der Waals surface area contributed by atoms with Crippen molar-refractivity contribution in [2.45, 2.75) is 45.5 Å². The van der Waals surface area contributed by atoms with Gasteiger partial charge < -0.3 is 14.5 Å². The quantitative estimate of drug-likeness (QED) is 0.270. The van der Waals surface area contributed by atoms with E-state index in [0.717, 1.165) is 50.4 Å². The summed E-state index contributed by atoms with van der Waals surface area (Å²) in [5, 5.41) is 7.02. The number of nitrogens with zero attached hydrogens (tertiary/aromatic N) is 5. The van der Waals surface area contributed by atoms with Gasteiger partial charge in [-0.3, -0.25) is 4.68 Å². The lowest BCUT2D eigenvalue weighted by Gasteiger charge is -2.36. The van der Waals surface area contributed by atoms with Crippen LogP contribution in [0.15, 0.2) is 42.6 Å². The molecule has 1 amide bonds. The topological polar surface area (TPSA) is 63.5 Å². The van der Waals surface area contributed by atoms with E-state index < -0.39 is 11.7 Å². The number of alkyl halides is 3. The third kappa shape index (κ3) is 6.42. The summed E-state index contributed by atoms with van der Waals surface area (Å²) in [5.41, 5.74) is 1.01. The third-order valence-corrected chi connectivity index (χ3v) is 8.79. The van der Waals surface area contributed by atoms with Crippen molar-refractivity contribution in [3.8, 4) is 0 Å². The summed E-state index contributed by atoms with van der Waals surface area (Å²) in [4.78, 5) is 20.9. The molecule has 4 aromatic rings. The third-order valence-electron chi connectivity index (χ3n) is 7.44. The molecule has 1 saturated heterocycles. The number of ether oxygens (including phenoxy) is 1. The Labute approximate surface area is 250 Å². The normalized spacial score (nSPS) is 15.5. The molecule has 0 unspecified atom stereocenters. The Kier molecular flexibility index (Phi) is 8.79. The lowest BCUT2D eigenvalue weighted by atomic mass is 10.0. The molecular weight excluding hydrogens is 587 g/mol. The van der Waals surface area contributed by atoms with Gasteiger partial charge in [0, 0.05) is 36.6 Å². The molecule has 0 bridgehead atoms. The van der Waals surface area contributed by atoms with Crippen LogP contribution in [0.3, 0.4) is 0 Å². The molecule has 0 aliphatic carbocycles. The van der Waals surface area contributed by atoms with Crippen LogP contribution in [0.1, 0.15) is 43.4 Å². The summed E-state index contributed by atoms with van der Waals surface area (Å²) in [6.07, 6.45) is 2.60. The van der Waals surface area contributed by atoms with Gasteiger partial charge in [-0.1, -0.05) is 41.1 Å². The van der Waals surface area contributed by atoms with Crippen LogP contribution in [0.4, 0.5) is 23.1 Å². The maximum atomic E-state index is 13.6. The van der Waals surface area contributed by atoms with E-state index in [1.807, 2.05) is 45.2 Å². The summed E-state index contributed by atoms with van der Waals surface area (Å²) in [6, 6.07) is 9.84. The van der Waals surface area contributed by atoms with Gasteiger partial charge in [0.25, 0.3) is 0 Å². The molecule has 12 heteroatoms. The minimum atomic E-state index is -4.51. The fraction of sp³-hybridized carbons (Fsp3) is 0.367. The summed E-state index contributed by atoms with van der Waals surface area (Å²) in [5.74, 6) is 0. The number of rotatable bonds is 6. The molecule has 5 rings (SSSR count). The number of hydrogen-bond donors (Lipinski definition) is 0. The number of thiazole rings is 1. The highest BCUT2D eigenvalue weighted by Gasteiger charge is 2.33. The molecular formula is C30H31ClF3N5O2S. The summed E-state index contributed by atoms with van der Waals surface area (Å²) in [6.45, 7) is 5.39. The van der Waals surface area contributed by atoms with Crippen molar-refractivity contribution in [3.05, 3.63) is 74.2 Å². The number of carbonyl (C=O) groups excluding carboxylic acids is 1. The van der Waals surface area contributed by atoms with Crippen molar-refractivity contribution in [2.24, 2.45) is 0 Å². The second-order valence-corrected chi connectivity index (χ2v) is 11.6. The number of amides is 1. The molecule has 3 heterocycles. The maximum Gasteiger partial charge on any atom is 0.416 e. The number of hydrogen-bond acceptors (Lipinski definition) is 6. The van der Waals surface area contributed by atoms with E-state index in [1.165, 1.54) is 12.1 Å². The molecule has 1 aliphatic rings. The van der Waals surface area contributed by atoms with Gasteiger partial charge in [-0.15, -0.1) is 0 Å². The first-order valence-corrected chi connectivity index (χ1v) is 14.9. The number of carbonyl (C=O) groups is 1. The van der Waals surface area contributed by atoms with Crippen LogP contribution in [0.2, 0.25) is 5.02 Å². The van der Waals surface area contributed by atoms with Crippen LogP contribution in [-0.4, -0.2) is 58.5 Å². The molecule has 0 saturated carbocycles. The lowest BCUT2D eigenvalue weighted by Crippen LogP contribution is -2.45. The monoisotopic (exact) mass is 617 g/mol. The maximum absolute atomic E-state index is 13.6. The van der Waals surface area contributed by atoms with Crippen molar-refractivity contribution < 1.29 is 22.7 Å². The lowest BCUT2D eigenvalue weighted by molar-refractivity contribution is -0.138. The van der Waals surface area contributed by atoms with Gasteiger partial charge in [0.1, 0.15) is 0 Å². The standard InChI is InChI=1S/C30H31ClF3N5O2S/c1-4-25-27(42-28(36-25)37(3)23-10-12-38(13-11-23)29(40)41-5-2)15-19-6-9-26-21(14-19)17-35-39(26)18-20-7-8-22(31)16-24(20)30(32,33)34/h4,6-9,14-17,23H,5,10-13,18H2,1-3H3/b25-4+,27-15-. The van der Waals surface area contributed by atoms with E-state index in [1.54, 1.807) is 27.1 Å². The highest BCUT2D eigenvalue weighted by Crippen LogP contribution is 2.34. The second-order valence-electron chi connectivity index (χ2n) is 10.1. The Morgan fingerprint density at radius 2 is 1.98 bits per heavy atom. The zero-order valence-corrected chi connectivity index (χ0v) is 25.1. The Morgan fingerprint density at radius 3 is 2.67 bits per heavy atom. The summed E-state index contributed by atoms with van der Waals surface area (Å²) in [7, 11) is 2.04. The number of aromatic nitrogens is 3. The van der Waals surface area contributed by atoms with Gasteiger partial charge in [-0.25, -0.2) is 9.78 Å². The average Bonchev–Trinajstić information content (AvgIpc) is 3.56. The van der Waals surface area contributed by atoms with Gasteiger partial charge in [-0.05, 0) is 68.2 Å².